The van der Waals surface area contributed by atoms with E-state index in [0.717, 1.165) is 40.6 Å². The van der Waals surface area contributed by atoms with E-state index in [1.807, 2.05) is 30.3 Å². The lowest BCUT2D eigenvalue weighted by Gasteiger charge is -2.03. The lowest BCUT2D eigenvalue weighted by molar-refractivity contribution is -0.110. The number of carbonyl (C=O) groups excluding carboxylic acids is 1. The van der Waals surface area contributed by atoms with Gasteiger partial charge in [-0.1, -0.05) is 25.5 Å². The summed E-state index contributed by atoms with van der Waals surface area (Å²) in [6.45, 7) is 2.11. The second kappa shape index (κ2) is 4.26. The van der Waals surface area contributed by atoms with E-state index >= 15 is 0 Å². The van der Waals surface area contributed by atoms with Crippen molar-refractivity contribution in [2.45, 2.75) is 19.8 Å². The fourth-order valence-electron chi connectivity index (χ4n) is 2.33. The van der Waals surface area contributed by atoms with Gasteiger partial charge < -0.3 is 5.32 Å². The van der Waals surface area contributed by atoms with Crippen LogP contribution in [0.2, 0.25) is 0 Å². The van der Waals surface area contributed by atoms with Gasteiger partial charge in [0.25, 0.3) is 5.91 Å². The Bertz CT molecular complexity index is 659. The number of hydrogen-bond acceptors (Lipinski definition) is 2. The van der Waals surface area contributed by atoms with Crippen molar-refractivity contribution in [3.63, 3.8) is 0 Å². The topological polar surface area (TPSA) is 42.0 Å². The number of nitrogens with zero attached hydrogens (tertiary/aromatic N) is 1. The first-order valence-electron chi connectivity index (χ1n) is 6.21. The average molecular weight is 238 g/mol. The fourth-order valence-corrected chi connectivity index (χ4v) is 2.33. The van der Waals surface area contributed by atoms with Crippen molar-refractivity contribution in [1.82, 2.24) is 4.98 Å². The number of pyridine rings is 1. The van der Waals surface area contributed by atoms with Crippen LogP contribution in [0.1, 0.15) is 25.3 Å². The summed E-state index contributed by atoms with van der Waals surface area (Å²) in [5.74, 6) is -0.00481. The summed E-state index contributed by atoms with van der Waals surface area (Å²) in [4.78, 5) is 16.3. The standard InChI is InChI=1S/C15H14N2O/c1-2-3-5-11-14-10-6-4-9-16-12(10)7-8-13(14)17-15(11)18/h4-9H,2-3H2,1H3,(H,17,18)/b11-5-. The van der Waals surface area contributed by atoms with Crippen LogP contribution in [0.15, 0.2) is 36.5 Å². The lowest BCUT2D eigenvalue weighted by atomic mass is 10.0. The number of rotatable bonds is 2. The monoisotopic (exact) mass is 238 g/mol. The van der Waals surface area contributed by atoms with Crippen molar-refractivity contribution < 1.29 is 4.79 Å². The highest BCUT2D eigenvalue weighted by Gasteiger charge is 2.25. The van der Waals surface area contributed by atoms with Gasteiger partial charge in [0.15, 0.2) is 0 Å². The Morgan fingerprint density at radius 1 is 1.33 bits per heavy atom. The highest BCUT2D eigenvalue weighted by molar-refractivity contribution is 6.34. The molecule has 3 heteroatoms. The smallest absolute Gasteiger partial charge is 0.256 e. The summed E-state index contributed by atoms with van der Waals surface area (Å²) in [6.07, 6.45) is 5.75. The maximum atomic E-state index is 12.0. The molecule has 0 spiro atoms. The van der Waals surface area contributed by atoms with Gasteiger partial charge in [-0.05, 0) is 24.6 Å². The molecule has 0 aliphatic carbocycles. The molecule has 18 heavy (non-hydrogen) atoms. The number of nitrogens with one attached hydrogen (secondary N) is 1. The molecule has 0 saturated carbocycles. The van der Waals surface area contributed by atoms with Gasteiger partial charge in [-0.15, -0.1) is 0 Å². The molecule has 1 aliphatic heterocycles. The molecule has 0 fully saturated rings. The van der Waals surface area contributed by atoms with E-state index in [0.29, 0.717) is 0 Å². The van der Waals surface area contributed by atoms with Crippen molar-refractivity contribution >= 4 is 28.1 Å². The van der Waals surface area contributed by atoms with Crippen molar-refractivity contribution in [2.24, 2.45) is 0 Å². The summed E-state index contributed by atoms with van der Waals surface area (Å²) in [7, 11) is 0. The van der Waals surface area contributed by atoms with Gasteiger partial charge in [0.1, 0.15) is 0 Å². The molecule has 2 aromatic rings. The second-order valence-corrected chi connectivity index (χ2v) is 4.42. The number of carbonyl (C=O) groups is 1. The van der Waals surface area contributed by atoms with Crippen molar-refractivity contribution in [1.29, 1.82) is 0 Å². The molecule has 0 unspecified atom stereocenters. The van der Waals surface area contributed by atoms with Gasteiger partial charge in [-0.25, -0.2) is 0 Å². The number of aromatic nitrogens is 1. The molecule has 1 aromatic heterocycles. The Hall–Kier alpha value is -2.16. The predicted octanol–water partition coefficient (Wildman–Crippen LogP) is 3.37. The Labute approximate surface area is 106 Å². The molecular formula is C15H14N2O. The minimum absolute atomic E-state index is 0.00481. The van der Waals surface area contributed by atoms with Crippen LogP contribution in [0.5, 0.6) is 0 Å². The lowest BCUT2D eigenvalue weighted by Crippen LogP contribution is -2.03. The highest BCUT2D eigenvalue weighted by atomic mass is 16.2. The van der Waals surface area contributed by atoms with E-state index in [-0.39, 0.29) is 5.91 Å². The molecule has 90 valence electrons. The maximum Gasteiger partial charge on any atom is 0.256 e. The van der Waals surface area contributed by atoms with E-state index in [9.17, 15) is 4.79 Å². The van der Waals surface area contributed by atoms with Crippen molar-refractivity contribution in [2.75, 3.05) is 5.32 Å². The molecule has 1 N–H and O–H groups in total. The molecule has 3 nitrogen and oxygen atoms in total. The quantitative estimate of drug-likeness (QED) is 0.815. The van der Waals surface area contributed by atoms with Gasteiger partial charge in [0, 0.05) is 28.4 Å². The molecule has 0 atom stereocenters. The minimum Gasteiger partial charge on any atom is -0.321 e. The Morgan fingerprint density at radius 3 is 3.06 bits per heavy atom. The summed E-state index contributed by atoms with van der Waals surface area (Å²) in [6, 6.07) is 7.79. The Kier molecular flexibility index (Phi) is 2.59. The zero-order chi connectivity index (χ0) is 12.5. The van der Waals surface area contributed by atoms with Crippen molar-refractivity contribution in [3.8, 4) is 0 Å². The van der Waals surface area contributed by atoms with Gasteiger partial charge in [-0.3, -0.25) is 9.78 Å². The summed E-state index contributed by atoms with van der Waals surface area (Å²) < 4.78 is 0. The third-order valence-corrected chi connectivity index (χ3v) is 3.18. The average Bonchev–Trinajstić information content (AvgIpc) is 2.72. The Balaban J connectivity index is 2.26. The number of allylic oxidation sites excluding steroid dienone is 1. The number of benzene rings is 1. The molecular weight excluding hydrogens is 224 g/mol. The molecule has 1 aromatic carbocycles. The van der Waals surface area contributed by atoms with Crippen LogP contribution in [0.4, 0.5) is 5.69 Å². The van der Waals surface area contributed by atoms with Gasteiger partial charge in [0.05, 0.1) is 5.52 Å². The first-order chi connectivity index (χ1) is 8.81. The van der Waals surface area contributed by atoms with Crippen LogP contribution in [0.3, 0.4) is 0 Å². The minimum atomic E-state index is -0.00481. The van der Waals surface area contributed by atoms with Crippen LogP contribution in [-0.4, -0.2) is 10.9 Å². The molecule has 3 rings (SSSR count). The van der Waals surface area contributed by atoms with Crippen LogP contribution in [0, 0.1) is 0 Å². The van der Waals surface area contributed by atoms with E-state index < -0.39 is 0 Å². The van der Waals surface area contributed by atoms with Gasteiger partial charge in [-0.2, -0.15) is 0 Å². The normalized spacial score (nSPS) is 16.1. The first-order valence-corrected chi connectivity index (χ1v) is 6.21. The predicted molar refractivity (Wildman–Crippen MR) is 73.3 cm³/mol. The molecule has 0 saturated heterocycles. The van der Waals surface area contributed by atoms with E-state index in [4.69, 9.17) is 0 Å². The van der Waals surface area contributed by atoms with Crippen LogP contribution in [-0.2, 0) is 4.79 Å². The number of hydrogen-bond donors (Lipinski definition) is 1. The van der Waals surface area contributed by atoms with E-state index in [1.54, 1.807) is 6.20 Å². The summed E-state index contributed by atoms with van der Waals surface area (Å²) >= 11 is 0. The number of amides is 1. The highest BCUT2D eigenvalue weighted by Crippen LogP contribution is 2.37. The first kappa shape index (κ1) is 11.0. The molecule has 0 radical (unpaired) electrons. The summed E-state index contributed by atoms with van der Waals surface area (Å²) in [5, 5.41) is 3.95. The zero-order valence-electron chi connectivity index (χ0n) is 10.2. The third-order valence-electron chi connectivity index (χ3n) is 3.18. The van der Waals surface area contributed by atoms with Crippen molar-refractivity contribution in [3.05, 3.63) is 42.1 Å². The van der Waals surface area contributed by atoms with Crippen LogP contribution in [0.25, 0.3) is 16.5 Å². The molecule has 1 amide bonds. The van der Waals surface area contributed by atoms with E-state index in [1.165, 1.54) is 0 Å². The number of unbranched alkanes of at least 4 members (excludes halogenated alkanes) is 1. The molecule has 1 aliphatic rings. The summed E-state index contributed by atoms with van der Waals surface area (Å²) in [5.41, 5.74) is 3.60. The zero-order valence-corrected chi connectivity index (χ0v) is 10.2. The largest absolute Gasteiger partial charge is 0.321 e. The Morgan fingerprint density at radius 2 is 2.22 bits per heavy atom. The SMILES string of the molecule is CCC/C=C1\C(=O)Nc2ccc3ncccc3c21. The van der Waals surface area contributed by atoms with Crippen LogP contribution < -0.4 is 5.32 Å². The fraction of sp³-hybridized carbons (Fsp3) is 0.200. The third kappa shape index (κ3) is 1.59. The van der Waals surface area contributed by atoms with Crippen LogP contribution >= 0.6 is 0 Å². The number of fused-ring (bicyclic) bond motifs is 3. The number of anilines is 1. The van der Waals surface area contributed by atoms with Gasteiger partial charge in [0.2, 0.25) is 0 Å². The van der Waals surface area contributed by atoms with Gasteiger partial charge >= 0.3 is 0 Å². The molecule has 2 heterocycles. The maximum absolute atomic E-state index is 12.0. The van der Waals surface area contributed by atoms with E-state index in [2.05, 4.69) is 17.2 Å². The second-order valence-electron chi connectivity index (χ2n) is 4.42. The molecule has 0 bridgehead atoms.